The molecule has 3 heteroatoms. The van der Waals surface area contributed by atoms with Crippen LogP contribution in [0.15, 0.2) is 29.6 Å². The molecule has 0 aliphatic rings. The number of aromatic nitrogens is 1. The lowest BCUT2D eigenvalue weighted by Crippen LogP contribution is -2.14. The second-order valence-electron chi connectivity index (χ2n) is 6.02. The number of rotatable bonds is 5. The van der Waals surface area contributed by atoms with Gasteiger partial charge in [0, 0.05) is 11.1 Å². The fourth-order valence-corrected chi connectivity index (χ4v) is 2.38. The average molecular weight is 284 g/mol. The van der Waals surface area contributed by atoms with Crippen molar-refractivity contribution in [2.75, 3.05) is 0 Å². The SMILES string of the molecule is CC(C)=C(F)C(C)(C)CCC(C)c1cccc(Cl)n1. The first-order valence-electron chi connectivity index (χ1n) is 6.70. The van der Waals surface area contributed by atoms with Gasteiger partial charge < -0.3 is 0 Å². The van der Waals surface area contributed by atoms with Crippen LogP contribution in [0.3, 0.4) is 0 Å². The highest BCUT2D eigenvalue weighted by molar-refractivity contribution is 6.29. The highest BCUT2D eigenvalue weighted by Crippen LogP contribution is 2.37. The number of hydrogen-bond acceptors (Lipinski definition) is 1. The maximum atomic E-state index is 14.1. The third-order valence-corrected chi connectivity index (χ3v) is 3.69. The van der Waals surface area contributed by atoms with Crippen LogP contribution in [0.1, 0.15) is 59.1 Å². The molecule has 0 radical (unpaired) electrons. The quantitative estimate of drug-likeness (QED) is 0.612. The van der Waals surface area contributed by atoms with E-state index < -0.39 is 5.41 Å². The molecule has 106 valence electrons. The summed E-state index contributed by atoms with van der Waals surface area (Å²) < 4.78 is 14.1. The summed E-state index contributed by atoms with van der Waals surface area (Å²) in [4.78, 5) is 4.31. The van der Waals surface area contributed by atoms with Crippen molar-refractivity contribution in [3.05, 3.63) is 40.4 Å². The first-order valence-corrected chi connectivity index (χ1v) is 7.07. The van der Waals surface area contributed by atoms with Crippen LogP contribution >= 0.6 is 11.6 Å². The number of hydrogen-bond donors (Lipinski definition) is 0. The summed E-state index contributed by atoms with van der Waals surface area (Å²) in [6.07, 6.45) is 1.68. The van der Waals surface area contributed by atoms with E-state index in [-0.39, 0.29) is 11.7 Å². The molecule has 1 unspecified atom stereocenters. The van der Waals surface area contributed by atoms with Crippen molar-refractivity contribution >= 4 is 11.6 Å². The number of halogens is 2. The zero-order valence-corrected chi connectivity index (χ0v) is 13.2. The van der Waals surface area contributed by atoms with Gasteiger partial charge >= 0.3 is 0 Å². The number of allylic oxidation sites excluding steroid dienone is 2. The van der Waals surface area contributed by atoms with Gasteiger partial charge in [0.25, 0.3) is 0 Å². The Balaban J connectivity index is 2.69. The molecule has 0 fully saturated rings. The smallest absolute Gasteiger partial charge is 0.129 e. The van der Waals surface area contributed by atoms with Crippen molar-refractivity contribution in [3.63, 3.8) is 0 Å². The van der Waals surface area contributed by atoms with Crippen LogP contribution in [-0.4, -0.2) is 4.98 Å². The van der Waals surface area contributed by atoms with Crippen LogP contribution in [0.4, 0.5) is 4.39 Å². The third-order valence-electron chi connectivity index (χ3n) is 3.48. The summed E-state index contributed by atoms with van der Waals surface area (Å²) in [5, 5.41) is 0.513. The highest BCUT2D eigenvalue weighted by atomic mass is 35.5. The minimum absolute atomic E-state index is 0.00115. The molecular formula is C16H23ClFN. The van der Waals surface area contributed by atoms with Gasteiger partial charge in [-0.1, -0.05) is 38.4 Å². The fraction of sp³-hybridized carbons (Fsp3) is 0.562. The van der Waals surface area contributed by atoms with Crippen molar-refractivity contribution in [1.29, 1.82) is 0 Å². The second kappa shape index (κ2) is 6.51. The maximum Gasteiger partial charge on any atom is 0.129 e. The van der Waals surface area contributed by atoms with E-state index in [0.717, 1.165) is 24.1 Å². The molecular weight excluding hydrogens is 261 g/mol. The summed E-state index contributed by atoms with van der Waals surface area (Å²) in [5.74, 6) is 0.279. The predicted molar refractivity (Wildman–Crippen MR) is 80.2 cm³/mol. The van der Waals surface area contributed by atoms with Crippen molar-refractivity contribution in [1.82, 2.24) is 4.98 Å². The molecule has 1 atom stereocenters. The fourth-order valence-electron chi connectivity index (χ4n) is 2.21. The Morgan fingerprint density at radius 2 is 2.00 bits per heavy atom. The van der Waals surface area contributed by atoms with Gasteiger partial charge in [-0.2, -0.15) is 0 Å². The van der Waals surface area contributed by atoms with Crippen LogP contribution < -0.4 is 0 Å². The van der Waals surface area contributed by atoms with Crippen molar-refractivity contribution in [3.8, 4) is 0 Å². The topological polar surface area (TPSA) is 12.9 Å². The van der Waals surface area contributed by atoms with Gasteiger partial charge in [-0.3, -0.25) is 0 Å². The van der Waals surface area contributed by atoms with E-state index >= 15 is 0 Å². The molecule has 1 rings (SSSR count). The van der Waals surface area contributed by atoms with Crippen molar-refractivity contribution < 1.29 is 4.39 Å². The van der Waals surface area contributed by atoms with E-state index in [1.165, 1.54) is 0 Å². The summed E-state index contributed by atoms with van der Waals surface area (Å²) in [5.41, 5.74) is 1.32. The van der Waals surface area contributed by atoms with E-state index in [4.69, 9.17) is 11.6 Å². The van der Waals surface area contributed by atoms with Crippen LogP contribution in [0.25, 0.3) is 0 Å². The largest absolute Gasteiger partial charge is 0.241 e. The summed E-state index contributed by atoms with van der Waals surface area (Å²) in [6, 6.07) is 5.65. The second-order valence-corrected chi connectivity index (χ2v) is 6.41. The minimum Gasteiger partial charge on any atom is -0.241 e. The molecule has 0 aliphatic heterocycles. The van der Waals surface area contributed by atoms with Gasteiger partial charge in [0.1, 0.15) is 11.0 Å². The molecule has 0 spiro atoms. The predicted octanol–water partition coefficient (Wildman–Crippen LogP) is 5.91. The molecule has 1 nitrogen and oxygen atoms in total. The molecule has 0 saturated carbocycles. The van der Waals surface area contributed by atoms with Gasteiger partial charge in [0.15, 0.2) is 0 Å². The summed E-state index contributed by atoms with van der Waals surface area (Å²) in [7, 11) is 0. The zero-order chi connectivity index (χ0) is 14.6. The van der Waals surface area contributed by atoms with Gasteiger partial charge in [-0.05, 0) is 50.3 Å². The molecule has 19 heavy (non-hydrogen) atoms. The van der Waals surface area contributed by atoms with Crippen LogP contribution in [-0.2, 0) is 0 Å². The normalized spacial score (nSPS) is 13.2. The Morgan fingerprint density at radius 1 is 1.37 bits per heavy atom. The van der Waals surface area contributed by atoms with E-state index in [9.17, 15) is 4.39 Å². The first-order chi connectivity index (χ1) is 8.74. The molecule has 1 aromatic rings. The van der Waals surface area contributed by atoms with E-state index in [1.807, 2.05) is 39.8 Å². The molecule has 0 saturated heterocycles. The van der Waals surface area contributed by atoms with Gasteiger partial charge in [-0.15, -0.1) is 0 Å². The number of nitrogens with zero attached hydrogens (tertiary/aromatic N) is 1. The maximum absolute atomic E-state index is 14.1. The third kappa shape index (κ3) is 4.61. The standard InChI is InChI=1S/C16H23ClFN/c1-11(2)15(18)16(4,5)10-9-12(3)13-7-6-8-14(17)19-13/h6-8,12H,9-10H2,1-5H3. The zero-order valence-electron chi connectivity index (χ0n) is 12.4. The summed E-state index contributed by atoms with van der Waals surface area (Å²) >= 11 is 5.89. The molecule has 0 aliphatic carbocycles. The first kappa shape index (κ1) is 16.2. The monoisotopic (exact) mass is 283 g/mol. The lowest BCUT2D eigenvalue weighted by molar-refractivity contribution is 0.303. The molecule has 0 bridgehead atoms. The van der Waals surface area contributed by atoms with Crippen LogP contribution in [0, 0.1) is 5.41 Å². The van der Waals surface area contributed by atoms with Gasteiger partial charge in [0.2, 0.25) is 0 Å². The molecule has 1 aromatic heterocycles. The molecule has 1 heterocycles. The Kier molecular flexibility index (Phi) is 5.54. The van der Waals surface area contributed by atoms with Gasteiger partial charge in [0.05, 0.1) is 0 Å². The highest BCUT2D eigenvalue weighted by Gasteiger charge is 2.25. The summed E-state index contributed by atoms with van der Waals surface area (Å²) in [6.45, 7) is 9.65. The lowest BCUT2D eigenvalue weighted by atomic mass is 9.82. The molecule has 0 aromatic carbocycles. The van der Waals surface area contributed by atoms with E-state index in [2.05, 4.69) is 11.9 Å². The van der Waals surface area contributed by atoms with E-state index in [1.54, 1.807) is 6.07 Å². The van der Waals surface area contributed by atoms with Crippen molar-refractivity contribution in [2.24, 2.45) is 5.41 Å². The lowest BCUT2D eigenvalue weighted by Gasteiger charge is -2.25. The van der Waals surface area contributed by atoms with Crippen molar-refractivity contribution in [2.45, 2.75) is 53.4 Å². The Morgan fingerprint density at radius 3 is 2.53 bits per heavy atom. The average Bonchev–Trinajstić information content (AvgIpc) is 2.35. The Hall–Kier alpha value is -0.890. The minimum atomic E-state index is -0.411. The van der Waals surface area contributed by atoms with E-state index in [0.29, 0.717) is 5.15 Å². The van der Waals surface area contributed by atoms with Crippen LogP contribution in [0.2, 0.25) is 5.15 Å². The van der Waals surface area contributed by atoms with Gasteiger partial charge in [-0.25, -0.2) is 9.37 Å². The van der Waals surface area contributed by atoms with Crippen LogP contribution in [0.5, 0.6) is 0 Å². The Labute approximate surface area is 120 Å². The Bertz CT molecular complexity index is 462. The molecule has 0 N–H and O–H groups in total. The number of pyridine rings is 1. The molecule has 0 amide bonds.